The fourth-order valence-corrected chi connectivity index (χ4v) is 2.88. The number of aryl methyl sites for hydroxylation is 1. The van der Waals surface area contributed by atoms with E-state index in [2.05, 4.69) is 34.4 Å². The van der Waals surface area contributed by atoms with E-state index in [0.29, 0.717) is 30.1 Å². The summed E-state index contributed by atoms with van der Waals surface area (Å²) in [4.78, 5) is 32.0. The highest BCUT2D eigenvalue weighted by molar-refractivity contribution is 6.04. The summed E-state index contributed by atoms with van der Waals surface area (Å²) in [5, 5.41) is 5.64. The van der Waals surface area contributed by atoms with Crippen molar-refractivity contribution in [2.75, 3.05) is 19.0 Å². The average molecular weight is 342 g/mol. The Labute approximate surface area is 146 Å². The molecule has 1 aromatic carbocycles. The minimum absolute atomic E-state index is 0.110. The molecule has 0 radical (unpaired) electrons. The number of aromatic nitrogens is 2. The van der Waals surface area contributed by atoms with E-state index in [9.17, 15) is 9.59 Å². The second-order valence-corrected chi connectivity index (χ2v) is 7.09. The number of carbonyl (C=O) groups is 2. The average Bonchev–Trinajstić information content (AvgIpc) is 2.92. The number of aromatic amines is 1. The first-order chi connectivity index (χ1) is 11.8. The van der Waals surface area contributed by atoms with Gasteiger partial charge in [-0.25, -0.2) is 4.98 Å². The molecule has 0 bridgehead atoms. The number of hydrogen-bond donors (Lipinski definition) is 3. The van der Waals surface area contributed by atoms with Crippen LogP contribution in [0, 0.1) is 12.3 Å². The van der Waals surface area contributed by atoms with Crippen molar-refractivity contribution in [3.8, 4) is 5.75 Å². The van der Waals surface area contributed by atoms with Gasteiger partial charge >= 0.3 is 0 Å². The smallest absolute Gasteiger partial charge is 0.291 e. The van der Waals surface area contributed by atoms with Crippen LogP contribution in [0.4, 0.5) is 5.69 Å². The van der Waals surface area contributed by atoms with Crippen molar-refractivity contribution in [2.45, 2.75) is 27.2 Å². The Hall–Kier alpha value is -2.83. The number of fused-ring (bicyclic) bond motifs is 1. The first-order valence-electron chi connectivity index (χ1n) is 8.12. The molecule has 7 heteroatoms. The Morgan fingerprint density at radius 1 is 1.36 bits per heavy atom. The summed E-state index contributed by atoms with van der Waals surface area (Å²) >= 11 is 0. The highest BCUT2D eigenvalue weighted by Gasteiger charge is 2.31. The van der Waals surface area contributed by atoms with Gasteiger partial charge in [0.05, 0.1) is 12.8 Å². The SMILES string of the molecule is COc1ccc(C)cc1NC(=O)c1nc2c([nH]1)CC(C)(C)CNC2=O. The van der Waals surface area contributed by atoms with Gasteiger partial charge in [-0.1, -0.05) is 19.9 Å². The van der Waals surface area contributed by atoms with E-state index in [0.717, 1.165) is 5.56 Å². The van der Waals surface area contributed by atoms with Gasteiger partial charge < -0.3 is 20.4 Å². The molecule has 0 fully saturated rings. The van der Waals surface area contributed by atoms with Crippen molar-refractivity contribution in [1.29, 1.82) is 0 Å². The molecule has 0 unspecified atom stereocenters. The molecule has 7 nitrogen and oxygen atoms in total. The zero-order chi connectivity index (χ0) is 18.2. The zero-order valence-electron chi connectivity index (χ0n) is 14.8. The lowest BCUT2D eigenvalue weighted by molar-refractivity contribution is 0.0940. The number of amides is 2. The van der Waals surface area contributed by atoms with Gasteiger partial charge in [-0.2, -0.15) is 0 Å². The number of benzene rings is 1. The first-order valence-corrected chi connectivity index (χ1v) is 8.12. The molecule has 0 aliphatic carbocycles. The number of carbonyl (C=O) groups excluding carboxylic acids is 2. The Balaban J connectivity index is 1.89. The molecule has 3 rings (SSSR count). The van der Waals surface area contributed by atoms with Gasteiger partial charge in [-0.3, -0.25) is 9.59 Å². The Kier molecular flexibility index (Phi) is 4.24. The number of nitrogens with zero attached hydrogens (tertiary/aromatic N) is 1. The van der Waals surface area contributed by atoms with E-state index in [1.807, 2.05) is 19.1 Å². The van der Waals surface area contributed by atoms with E-state index in [1.165, 1.54) is 0 Å². The quantitative estimate of drug-likeness (QED) is 0.797. The lowest BCUT2D eigenvalue weighted by Gasteiger charge is -2.21. The molecular weight excluding hydrogens is 320 g/mol. The van der Waals surface area contributed by atoms with E-state index >= 15 is 0 Å². The van der Waals surface area contributed by atoms with Gasteiger partial charge in [-0.05, 0) is 36.5 Å². The van der Waals surface area contributed by atoms with Crippen LogP contribution in [0.3, 0.4) is 0 Å². The standard InChI is InChI=1S/C18H22N4O3/c1-10-5-6-13(25-4)11(7-10)21-17(24)15-20-12-8-18(2,3)9-19-16(23)14(12)22-15/h5-7H,8-9H2,1-4H3,(H,19,23)(H,20,22)(H,21,24). The van der Waals surface area contributed by atoms with Crippen LogP contribution in [0.15, 0.2) is 18.2 Å². The molecule has 0 saturated heterocycles. The van der Waals surface area contributed by atoms with Crippen LogP contribution in [0.5, 0.6) is 5.75 Å². The van der Waals surface area contributed by atoms with Crippen LogP contribution in [-0.2, 0) is 6.42 Å². The number of rotatable bonds is 3. The fraction of sp³-hybridized carbons (Fsp3) is 0.389. The Bertz CT molecular complexity index is 839. The van der Waals surface area contributed by atoms with Crippen molar-refractivity contribution in [2.24, 2.45) is 5.41 Å². The van der Waals surface area contributed by atoms with E-state index in [4.69, 9.17) is 4.74 Å². The molecule has 0 spiro atoms. The summed E-state index contributed by atoms with van der Waals surface area (Å²) in [6, 6.07) is 5.51. The number of imidazole rings is 1. The molecule has 1 aliphatic heterocycles. The third-order valence-corrected chi connectivity index (χ3v) is 4.19. The van der Waals surface area contributed by atoms with Crippen molar-refractivity contribution >= 4 is 17.5 Å². The number of hydrogen-bond acceptors (Lipinski definition) is 4. The Morgan fingerprint density at radius 3 is 2.84 bits per heavy atom. The van der Waals surface area contributed by atoms with E-state index < -0.39 is 5.91 Å². The van der Waals surface area contributed by atoms with Crippen molar-refractivity contribution in [3.63, 3.8) is 0 Å². The van der Waals surface area contributed by atoms with Crippen LogP contribution < -0.4 is 15.4 Å². The van der Waals surface area contributed by atoms with Gasteiger partial charge in [0, 0.05) is 12.2 Å². The summed E-state index contributed by atoms with van der Waals surface area (Å²) < 4.78 is 5.27. The maximum atomic E-state index is 12.6. The predicted octanol–water partition coefficient (Wildman–Crippen LogP) is 2.29. The van der Waals surface area contributed by atoms with Gasteiger partial charge in [0.1, 0.15) is 11.4 Å². The number of anilines is 1. The summed E-state index contributed by atoms with van der Waals surface area (Å²) in [5.74, 6) is -0.000976. The molecule has 3 N–H and O–H groups in total. The number of methoxy groups -OCH3 is 1. The van der Waals surface area contributed by atoms with Crippen LogP contribution in [-0.4, -0.2) is 35.4 Å². The van der Waals surface area contributed by atoms with Crippen LogP contribution in [0.25, 0.3) is 0 Å². The summed E-state index contributed by atoms with van der Waals surface area (Å²) in [7, 11) is 1.54. The zero-order valence-corrected chi connectivity index (χ0v) is 14.8. The van der Waals surface area contributed by atoms with Crippen molar-refractivity contribution in [1.82, 2.24) is 15.3 Å². The molecule has 0 atom stereocenters. The fourth-order valence-electron chi connectivity index (χ4n) is 2.88. The topological polar surface area (TPSA) is 96.1 Å². The van der Waals surface area contributed by atoms with E-state index in [1.54, 1.807) is 13.2 Å². The third kappa shape index (κ3) is 3.50. The monoisotopic (exact) mass is 342 g/mol. The largest absolute Gasteiger partial charge is 0.495 e. The minimum atomic E-state index is -0.414. The molecule has 2 amide bonds. The lowest BCUT2D eigenvalue weighted by Crippen LogP contribution is -2.32. The summed E-state index contributed by atoms with van der Waals surface area (Å²) in [6.45, 7) is 6.61. The maximum Gasteiger partial charge on any atom is 0.291 e. The third-order valence-electron chi connectivity index (χ3n) is 4.19. The highest BCUT2D eigenvalue weighted by Crippen LogP contribution is 2.27. The van der Waals surface area contributed by atoms with Gasteiger partial charge in [0.15, 0.2) is 5.82 Å². The molecule has 132 valence electrons. The van der Waals surface area contributed by atoms with Gasteiger partial charge in [0.25, 0.3) is 11.8 Å². The predicted molar refractivity (Wildman–Crippen MR) is 94.1 cm³/mol. The molecule has 25 heavy (non-hydrogen) atoms. The van der Waals surface area contributed by atoms with Gasteiger partial charge in [0.2, 0.25) is 0 Å². The molecule has 0 saturated carbocycles. The molecular formula is C18H22N4O3. The van der Waals surface area contributed by atoms with Crippen molar-refractivity contribution in [3.05, 3.63) is 41.0 Å². The molecule has 1 aliphatic rings. The van der Waals surface area contributed by atoms with E-state index in [-0.39, 0.29) is 22.8 Å². The molecule has 2 heterocycles. The molecule has 1 aromatic heterocycles. The summed E-state index contributed by atoms with van der Waals surface area (Å²) in [6.07, 6.45) is 0.634. The van der Waals surface area contributed by atoms with Gasteiger partial charge in [-0.15, -0.1) is 0 Å². The second-order valence-electron chi connectivity index (χ2n) is 7.09. The van der Waals surface area contributed by atoms with Crippen LogP contribution in [0.2, 0.25) is 0 Å². The first kappa shape index (κ1) is 17.0. The maximum absolute atomic E-state index is 12.6. The number of nitrogens with one attached hydrogen (secondary N) is 3. The number of H-pyrrole nitrogens is 1. The number of ether oxygens (including phenoxy) is 1. The van der Waals surface area contributed by atoms with Crippen LogP contribution in [0.1, 0.15) is 46.2 Å². The summed E-state index contributed by atoms with van der Waals surface area (Å²) in [5.41, 5.74) is 2.41. The second kappa shape index (κ2) is 6.23. The molecule has 2 aromatic rings. The highest BCUT2D eigenvalue weighted by atomic mass is 16.5. The minimum Gasteiger partial charge on any atom is -0.495 e. The van der Waals surface area contributed by atoms with Crippen molar-refractivity contribution < 1.29 is 14.3 Å². The lowest BCUT2D eigenvalue weighted by atomic mass is 9.88. The normalized spacial score (nSPS) is 15.8. The van der Waals surface area contributed by atoms with Crippen LogP contribution >= 0.6 is 0 Å². The Morgan fingerprint density at radius 2 is 2.12 bits per heavy atom.